The van der Waals surface area contributed by atoms with E-state index in [0.717, 1.165) is 26.7 Å². The van der Waals surface area contributed by atoms with Gasteiger partial charge in [-0.25, -0.2) is 13.4 Å². The molecule has 4 rings (SSSR count). The van der Waals surface area contributed by atoms with E-state index in [1.807, 2.05) is 48.5 Å². The highest BCUT2D eigenvalue weighted by atomic mass is 32.2. The highest BCUT2D eigenvalue weighted by Crippen LogP contribution is 2.37. The SMILES string of the molecule is COc1ccc(-c2nc3c(s2)CN(S(=O)(=O)Cc2ccccc2)CC3)cc1OC. The fourth-order valence-electron chi connectivity index (χ4n) is 3.38. The molecule has 0 atom stereocenters. The third kappa shape index (κ3) is 4.14. The Labute approximate surface area is 174 Å². The molecule has 1 aromatic heterocycles. The molecule has 3 aromatic rings. The Morgan fingerprint density at radius 3 is 2.55 bits per heavy atom. The number of hydrogen-bond acceptors (Lipinski definition) is 6. The summed E-state index contributed by atoms with van der Waals surface area (Å²) in [6.07, 6.45) is 0.618. The van der Waals surface area contributed by atoms with Crippen LogP contribution in [0.15, 0.2) is 48.5 Å². The lowest BCUT2D eigenvalue weighted by atomic mass is 10.2. The van der Waals surface area contributed by atoms with E-state index in [-0.39, 0.29) is 5.75 Å². The average molecular weight is 431 g/mol. The summed E-state index contributed by atoms with van der Waals surface area (Å²) in [5.41, 5.74) is 2.71. The average Bonchev–Trinajstić information content (AvgIpc) is 3.17. The van der Waals surface area contributed by atoms with Crippen LogP contribution in [-0.2, 0) is 28.7 Å². The number of fused-ring (bicyclic) bond motifs is 1. The zero-order valence-corrected chi connectivity index (χ0v) is 17.9. The molecule has 0 amide bonds. The Hall–Kier alpha value is -2.42. The minimum atomic E-state index is -3.38. The van der Waals surface area contributed by atoms with Gasteiger partial charge in [0.15, 0.2) is 11.5 Å². The van der Waals surface area contributed by atoms with Gasteiger partial charge in [0, 0.05) is 30.0 Å². The van der Waals surface area contributed by atoms with Crippen LogP contribution >= 0.6 is 11.3 Å². The molecule has 1 aliphatic rings. The Morgan fingerprint density at radius 2 is 1.83 bits per heavy atom. The first-order chi connectivity index (χ1) is 14.0. The molecule has 0 spiro atoms. The lowest BCUT2D eigenvalue weighted by molar-refractivity contribution is 0.355. The summed E-state index contributed by atoms with van der Waals surface area (Å²) >= 11 is 1.53. The molecule has 152 valence electrons. The van der Waals surface area contributed by atoms with Crippen LogP contribution in [0, 0.1) is 0 Å². The standard InChI is InChI=1S/C21H22N2O4S2/c1-26-18-9-8-16(12-19(18)27-2)21-22-17-10-11-23(13-20(17)28-21)29(24,25)14-15-6-4-3-5-7-15/h3-9,12H,10-11,13-14H2,1-2H3. The third-order valence-corrected chi connectivity index (χ3v) is 7.84. The Morgan fingerprint density at radius 1 is 1.07 bits per heavy atom. The molecule has 0 unspecified atom stereocenters. The molecule has 0 radical (unpaired) electrons. The van der Waals surface area contributed by atoms with Crippen LogP contribution in [0.1, 0.15) is 16.1 Å². The molecule has 0 saturated carbocycles. The lowest BCUT2D eigenvalue weighted by Crippen LogP contribution is -2.36. The molecule has 0 N–H and O–H groups in total. The topological polar surface area (TPSA) is 68.7 Å². The molecule has 0 fully saturated rings. The van der Waals surface area contributed by atoms with Crippen LogP contribution in [0.25, 0.3) is 10.6 Å². The fraction of sp³-hybridized carbons (Fsp3) is 0.286. The smallest absolute Gasteiger partial charge is 0.218 e. The zero-order valence-electron chi connectivity index (χ0n) is 16.3. The van der Waals surface area contributed by atoms with E-state index >= 15 is 0 Å². The van der Waals surface area contributed by atoms with E-state index in [9.17, 15) is 8.42 Å². The molecule has 29 heavy (non-hydrogen) atoms. The number of thiazole rings is 1. The predicted molar refractivity (Wildman–Crippen MR) is 114 cm³/mol. The van der Waals surface area contributed by atoms with E-state index in [2.05, 4.69) is 0 Å². The summed E-state index contributed by atoms with van der Waals surface area (Å²) in [4.78, 5) is 5.75. The second-order valence-electron chi connectivity index (χ2n) is 6.78. The highest BCUT2D eigenvalue weighted by Gasteiger charge is 2.29. The van der Waals surface area contributed by atoms with Crippen molar-refractivity contribution in [3.8, 4) is 22.1 Å². The first-order valence-electron chi connectivity index (χ1n) is 9.23. The number of methoxy groups -OCH3 is 2. The number of sulfonamides is 1. The largest absolute Gasteiger partial charge is 0.493 e. The van der Waals surface area contributed by atoms with E-state index in [4.69, 9.17) is 14.5 Å². The lowest BCUT2D eigenvalue weighted by Gasteiger charge is -2.25. The third-order valence-electron chi connectivity index (χ3n) is 4.91. The monoisotopic (exact) mass is 430 g/mol. The van der Waals surface area contributed by atoms with E-state index in [1.165, 1.54) is 11.3 Å². The van der Waals surface area contributed by atoms with E-state index in [0.29, 0.717) is 31.0 Å². The predicted octanol–water partition coefficient (Wildman–Crippen LogP) is 3.72. The van der Waals surface area contributed by atoms with Crippen LogP contribution in [0.5, 0.6) is 11.5 Å². The van der Waals surface area contributed by atoms with Gasteiger partial charge in [-0.15, -0.1) is 11.3 Å². The van der Waals surface area contributed by atoms with Gasteiger partial charge in [0.2, 0.25) is 10.0 Å². The molecule has 6 nitrogen and oxygen atoms in total. The van der Waals surface area contributed by atoms with E-state index < -0.39 is 10.0 Å². The van der Waals surface area contributed by atoms with Gasteiger partial charge in [0.25, 0.3) is 0 Å². The molecular formula is C21H22N2O4S2. The molecule has 2 aromatic carbocycles. The van der Waals surface area contributed by atoms with Crippen molar-refractivity contribution >= 4 is 21.4 Å². The molecule has 8 heteroatoms. The van der Waals surface area contributed by atoms with Crippen LogP contribution in [0.4, 0.5) is 0 Å². The van der Waals surface area contributed by atoms with Crippen molar-refractivity contribution in [2.24, 2.45) is 0 Å². The number of nitrogens with zero attached hydrogens (tertiary/aromatic N) is 2. The molecule has 2 heterocycles. The van der Waals surface area contributed by atoms with Crippen LogP contribution < -0.4 is 9.47 Å². The minimum absolute atomic E-state index is 0.0184. The summed E-state index contributed by atoms with van der Waals surface area (Å²) in [7, 11) is -0.176. The summed E-state index contributed by atoms with van der Waals surface area (Å²) in [5.74, 6) is 1.32. The molecule has 0 saturated heterocycles. The van der Waals surface area contributed by atoms with Crippen LogP contribution in [0.2, 0.25) is 0 Å². The zero-order chi connectivity index (χ0) is 20.4. The van der Waals surface area contributed by atoms with Crippen LogP contribution in [-0.4, -0.2) is 38.5 Å². The van der Waals surface area contributed by atoms with Crippen LogP contribution in [0.3, 0.4) is 0 Å². The number of rotatable bonds is 6. The normalized spacial score (nSPS) is 14.4. The van der Waals surface area contributed by atoms with Gasteiger partial charge in [-0.05, 0) is 23.8 Å². The van der Waals surface area contributed by atoms with Crippen molar-refractivity contribution in [3.05, 3.63) is 64.7 Å². The summed E-state index contributed by atoms with van der Waals surface area (Å²) in [5, 5.41) is 0.860. The second kappa shape index (κ2) is 8.14. The molecule has 0 aliphatic carbocycles. The summed E-state index contributed by atoms with van der Waals surface area (Å²) < 4.78 is 38.0. The minimum Gasteiger partial charge on any atom is -0.493 e. The van der Waals surface area contributed by atoms with Crippen molar-refractivity contribution in [1.82, 2.24) is 9.29 Å². The summed E-state index contributed by atoms with van der Waals surface area (Å²) in [6.45, 7) is 0.826. The van der Waals surface area contributed by atoms with Gasteiger partial charge in [0.1, 0.15) is 5.01 Å². The van der Waals surface area contributed by atoms with Crippen molar-refractivity contribution < 1.29 is 17.9 Å². The first kappa shape index (κ1) is 19.9. The van der Waals surface area contributed by atoms with Crippen molar-refractivity contribution in [3.63, 3.8) is 0 Å². The molecular weight excluding hydrogens is 408 g/mol. The number of benzene rings is 2. The van der Waals surface area contributed by atoms with Gasteiger partial charge in [-0.2, -0.15) is 4.31 Å². The van der Waals surface area contributed by atoms with Gasteiger partial charge in [0.05, 0.1) is 25.7 Å². The van der Waals surface area contributed by atoms with Gasteiger partial charge < -0.3 is 9.47 Å². The van der Waals surface area contributed by atoms with Gasteiger partial charge in [-0.1, -0.05) is 30.3 Å². The van der Waals surface area contributed by atoms with Gasteiger partial charge in [-0.3, -0.25) is 0 Å². The maximum atomic E-state index is 12.9. The Bertz CT molecular complexity index is 1110. The highest BCUT2D eigenvalue weighted by molar-refractivity contribution is 7.88. The van der Waals surface area contributed by atoms with E-state index in [1.54, 1.807) is 18.5 Å². The molecule has 0 bridgehead atoms. The first-order valence-corrected chi connectivity index (χ1v) is 11.7. The van der Waals surface area contributed by atoms with Crippen molar-refractivity contribution in [2.75, 3.05) is 20.8 Å². The Kier molecular flexibility index (Phi) is 5.58. The van der Waals surface area contributed by atoms with Crippen molar-refractivity contribution in [2.45, 2.75) is 18.7 Å². The second-order valence-corrected chi connectivity index (χ2v) is 9.84. The number of hydrogen-bond donors (Lipinski definition) is 0. The Balaban J connectivity index is 1.56. The van der Waals surface area contributed by atoms with Gasteiger partial charge >= 0.3 is 0 Å². The number of ether oxygens (including phenoxy) is 2. The summed E-state index contributed by atoms with van der Waals surface area (Å²) in [6, 6.07) is 15.0. The molecule has 1 aliphatic heterocycles. The number of aromatic nitrogens is 1. The maximum absolute atomic E-state index is 12.9. The maximum Gasteiger partial charge on any atom is 0.218 e. The quantitative estimate of drug-likeness (QED) is 0.596. The van der Waals surface area contributed by atoms with Crippen molar-refractivity contribution in [1.29, 1.82) is 0 Å². The fourth-order valence-corrected chi connectivity index (χ4v) is 6.07.